The van der Waals surface area contributed by atoms with Gasteiger partial charge in [-0.15, -0.1) is 5.10 Å². The molecule has 3 aromatic rings. The smallest absolute Gasteiger partial charge is 0.335 e. The molecular formula is C24H25F4N5O. The third kappa shape index (κ3) is 5.10. The zero-order valence-corrected chi connectivity index (χ0v) is 18.9. The first-order chi connectivity index (χ1) is 16.1. The Morgan fingerprint density at radius 1 is 1.18 bits per heavy atom. The lowest BCUT2D eigenvalue weighted by atomic mass is 9.86. The molecule has 3 heterocycles. The quantitative estimate of drug-likeness (QED) is 0.487. The summed E-state index contributed by atoms with van der Waals surface area (Å²) in [5, 5.41) is 3.56. The topological polar surface area (TPSA) is 63.9 Å². The number of amides is 1. The maximum atomic E-state index is 13.7. The van der Waals surface area contributed by atoms with Crippen LogP contribution in [0.4, 0.5) is 17.6 Å². The molecule has 1 aliphatic rings. The summed E-state index contributed by atoms with van der Waals surface area (Å²) < 4.78 is 53.3. The molecule has 0 radical (unpaired) electrons. The van der Waals surface area contributed by atoms with Crippen molar-refractivity contribution in [2.24, 2.45) is 5.92 Å². The number of likely N-dealkylation sites (tertiary alicyclic amines) is 1. The molecule has 1 saturated heterocycles. The van der Waals surface area contributed by atoms with Crippen molar-refractivity contribution >= 4 is 5.91 Å². The normalized spacial score (nSPS) is 18.8. The molecule has 2 atom stereocenters. The zero-order chi connectivity index (χ0) is 24.5. The van der Waals surface area contributed by atoms with E-state index < -0.39 is 17.8 Å². The summed E-state index contributed by atoms with van der Waals surface area (Å²) in [4.78, 5) is 23.0. The first-order valence-electron chi connectivity index (χ1n) is 11.1. The van der Waals surface area contributed by atoms with E-state index in [4.69, 9.17) is 0 Å². The molecule has 10 heteroatoms. The van der Waals surface area contributed by atoms with E-state index in [0.29, 0.717) is 19.4 Å². The van der Waals surface area contributed by atoms with Gasteiger partial charge in [0.1, 0.15) is 12.1 Å². The number of halogens is 4. The maximum Gasteiger partial charge on any atom is 0.453 e. The Labute approximate surface area is 194 Å². The maximum absolute atomic E-state index is 13.7. The van der Waals surface area contributed by atoms with E-state index in [1.807, 2.05) is 6.92 Å². The average Bonchev–Trinajstić information content (AvgIpc) is 3.29. The standard InChI is InChI=1S/C24H25F4N5O/c1-15-5-9-21(33-14-30-23(31-33)24(26,27)28)19(12-15)22(34)32-11-3-4-16(2)20(32)10-8-18-7-6-17(25)13-29-18/h5-7,9,12-14,16,20H,3-4,8,10-11H2,1-2H3/t16-,20-/m1/s1. The Morgan fingerprint density at radius 3 is 2.65 bits per heavy atom. The van der Waals surface area contributed by atoms with Gasteiger partial charge >= 0.3 is 6.18 Å². The van der Waals surface area contributed by atoms with Crippen LogP contribution in [0.5, 0.6) is 0 Å². The number of rotatable bonds is 5. The van der Waals surface area contributed by atoms with Crippen molar-refractivity contribution in [1.29, 1.82) is 0 Å². The van der Waals surface area contributed by atoms with E-state index in [9.17, 15) is 22.4 Å². The Balaban J connectivity index is 1.62. The minimum absolute atomic E-state index is 0.0806. The van der Waals surface area contributed by atoms with Gasteiger partial charge in [0.25, 0.3) is 11.7 Å². The van der Waals surface area contributed by atoms with Gasteiger partial charge in [-0.05, 0) is 62.8 Å². The number of piperidine rings is 1. The van der Waals surface area contributed by atoms with E-state index in [2.05, 4.69) is 22.0 Å². The molecule has 1 amide bonds. The van der Waals surface area contributed by atoms with Gasteiger partial charge in [-0.2, -0.15) is 13.2 Å². The number of alkyl halides is 3. The first kappa shape index (κ1) is 23.8. The fourth-order valence-corrected chi connectivity index (χ4v) is 4.48. The Morgan fingerprint density at radius 2 is 1.97 bits per heavy atom. The highest BCUT2D eigenvalue weighted by Crippen LogP contribution is 2.30. The van der Waals surface area contributed by atoms with Crippen molar-refractivity contribution in [3.05, 3.63) is 71.3 Å². The van der Waals surface area contributed by atoms with Crippen LogP contribution >= 0.6 is 0 Å². The van der Waals surface area contributed by atoms with Crippen LogP contribution in [0.2, 0.25) is 0 Å². The van der Waals surface area contributed by atoms with Crippen LogP contribution in [0.15, 0.2) is 42.9 Å². The predicted molar refractivity (Wildman–Crippen MR) is 117 cm³/mol. The van der Waals surface area contributed by atoms with Gasteiger partial charge in [-0.3, -0.25) is 9.78 Å². The number of nitrogens with zero attached hydrogens (tertiary/aromatic N) is 5. The zero-order valence-electron chi connectivity index (χ0n) is 18.9. The lowest BCUT2D eigenvalue weighted by molar-refractivity contribution is -0.144. The van der Waals surface area contributed by atoms with Gasteiger partial charge in [-0.25, -0.2) is 14.1 Å². The fraction of sp³-hybridized carbons (Fsp3) is 0.417. The number of aryl methyl sites for hydroxylation is 2. The van der Waals surface area contributed by atoms with Crippen LogP contribution in [0.3, 0.4) is 0 Å². The number of hydrogen-bond donors (Lipinski definition) is 0. The number of pyridine rings is 1. The van der Waals surface area contributed by atoms with Gasteiger partial charge in [0, 0.05) is 18.3 Å². The fourth-order valence-electron chi connectivity index (χ4n) is 4.48. The summed E-state index contributed by atoms with van der Waals surface area (Å²) >= 11 is 0. The van der Waals surface area contributed by atoms with Crippen molar-refractivity contribution in [1.82, 2.24) is 24.6 Å². The monoisotopic (exact) mass is 475 g/mol. The lowest BCUT2D eigenvalue weighted by Gasteiger charge is -2.40. The average molecular weight is 475 g/mol. The SMILES string of the molecule is Cc1ccc(-n2cnc(C(F)(F)F)n2)c(C(=O)N2CCC[C@@H](C)[C@H]2CCc2ccc(F)cn2)c1. The summed E-state index contributed by atoms with van der Waals surface area (Å²) in [7, 11) is 0. The van der Waals surface area contributed by atoms with Crippen molar-refractivity contribution < 1.29 is 22.4 Å². The van der Waals surface area contributed by atoms with Gasteiger partial charge in [0.15, 0.2) is 0 Å². The number of carbonyl (C=O) groups excluding carboxylic acids is 1. The van der Waals surface area contributed by atoms with Gasteiger partial charge in [0.05, 0.1) is 17.4 Å². The molecule has 0 saturated carbocycles. The van der Waals surface area contributed by atoms with Crippen molar-refractivity contribution in [3.63, 3.8) is 0 Å². The van der Waals surface area contributed by atoms with Crippen molar-refractivity contribution in [2.45, 2.75) is 51.7 Å². The van der Waals surface area contributed by atoms with Crippen molar-refractivity contribution in [2.75, 3.05) is 6.54 Å². The molecule has 0 bridgehead atoms. The van der Waals surface area contributed by atoms with Gasteiger partial charge in [-0.1, -0.05) is 18.6 Å². The van der Waals surface area contributed by atoms with Crippen molar-refractivity contribution in [3.8, 4) is 5.69 Å². The van der Waals surface area contributed by atoms with E-state index >= 15 is 0 Å². The van der Waals surface area contributed by atoms with Gasteiger partial charge in [0.2, 0.25) is 0 Å². The van der Waals surface area contributed by atoms with E-state index in [-0.39, 0.29) is 29.1 Å². The molecule has 180 valence electrons. The van der Waals surface area contributed by atoms with E-state index in [1.54, 1.807) is 29.2 Å². The van der Waals surface area contributed by atoms with Crippen LogP contribution < -0.4 is 0 Å². The second kappa shape index (κ2) is 9.52. The minimum atomic E-state index is -4.68. The summed E-state index contributed by atoms with van der Waals surface area (Å²) in [5.41, 5.74) is 2.07. The summed E-state index contributed by atoms with van der Waals surface area (Å²) in [6.45, 7) is 4.45. The highest BCUT2D eigenvalue weighted by Gasteiger charge is 2.37. The molecule has 1 aliphatic heterocycles. The van der Waals surface area contributed by atoms with Crippen LogP contribution in [-0.4, -0.2) is 43.1 Å². The second-order valence-electron chi connectivity index (χ2n) is 8.72. The molecule has 2 aromatic heterocycles. The molecule has 1 aromatic carbocycles. The highest BCUT2D eigenvalue weighted by atomic mass is 19.4. The number of carbonyl (C=O) groups is 1. The summed E-state index contributed by atoms with van der Waals surface area (Å²) in [6.07, 6.45) is 0.495. The van der Waals surface area contributed by atoms with Crippen LogP contribution in [0, 0.1) is 18.7 Å². The molecule has 6 nitrogen and oxygen atoms in total. The molecule has 1 fully saturated rings. The molecule has 34 heavy (non-hydrogen) atoms. The second-order valence-corrected chi connectivity index (χ2v) is 8.72. The lowest BCUT2D eigenvalue weighted by Crippen LogP contribution is -2.48. The minimum Gasteiger partial charge on any atom is -0.335 e. The molecular weight excluding hydrogens is 450 g/mol. The van der Waals surface area contributed by atoms with Crippen LogP contribution in [0.25, 0.3) is 5.69 Å². The van der Waals surface area contributed by atoms with E-state index in [0.717, 1.165) is 35.1 Å². The summed E-state index contributed by atoms with van der Waals surface area (Å²) in [5.74, 6) is -1.69. The third-order valence-electron chi connectivity index (χ3n) is 6.24. The van der Waals surface area contributed by atoms with Crippen LogP contribution in [0.1, 0.15) is 53.6 Å². The molecule has 4 rings (SSSR count). The van der Waals surface area contributed by atoms with Gasteiger partial charge < -0.3 is 4.90 Å². The Hall–Kier alpha value is -3.30. The summed E-state index contributed by atoms with van der Waals surface area (Å²) in [6, 6.07) is 7.89. The third-order valence-corrected chi connectivity index (χ3v) is 6.24. The molecule has 0 aliphatic carbocycles. The number of aromatic nitrogens is 4. The molecule has 0 unspecified atom stereocenters. The first-order valence-corrected chi connectivity index (χ1v) is 11.1. The van der Waals surface area contributed by atoms with E-state index in [1.165, 1.54) is 12.3 Å². The number of hydrogen-bond acceptors (Lipinski definition) is 4. The number of benzene rings is 1. The molecule has 0 spiro atoms. The Kier molecular flexibility index (Phi) is 6.67. The predicted octanol–water partition coefficient (Wildman–Crippen LogP) is 5.00. The Bertz CT molecular complexity index is 1160. The largest absolute Gasteiger partial charge is 0.453 e. The molecule has 0 N–H and O–H groups in total. The van der Waals surface area contributed by atoms with Crippen LogP contribution in [-0.2, 0) is 12.6 Å². The highest BCUT2D eigenvalue weighted by molar-refractivity contribution is 5.98.